The number of carbonyl (C=O) groups is 1. The molecule has 0 atom stereocenters. The summed E-state index contributed by atoms with van der Waals surface area (Å²) in [5.41, 5.74) is 2.44. The molecule has 2 N–H and O–H groups in total. The van der Waals surface area contributed by atoms with E-state index in [1.807, 2.05) is 25.1 Å². The van der Waals surface area contributed by atoms with Crippen LogP contribution in [0.5, 0.6) is 0 Å². The summed E-state index contributed by atoms with van der Waals surface area (Å²) in [6, 6.07) is 7.31. The first kappa shape index (κ1) is 17.3. The highest BCUT2D eigenvalue weighted by molar-refractivity contribution is 9.10. The Morgan fingerprint density at radius 3 is 2.92 bits per heavy atom. The van der Waals surface area contributed by atoms with Crippen molar-refractivity contribution in [3.8, 4) is 0 Å². The minimum absolute atomic E-state index is 0.0154. The summed E-state index contributed by atoms with van der Waals surface area (Å²) in [5, 5.41) is 10.6. The Morgan fingerprint density at radius 1 is 1.42 bits per heavy atom. The monoisotopic (exact) mass is 425 g/mol. The van der Waals surface area contributed by atoms with Crippen molar-refractivity contribution in [3.63, 3.8) is 0 Å². The number of fused-ring (bicyclic) bond motifs is 1. The van der Waals surface area contributed by atoms with Crippen LogP contribution >= 0.6 is 39.3 Å². The molecule has 0 aliphatic carbocycles. The standard InChI is InChI=1S/C16H13BrClN3O2S/c1-2-10-13(17)12-14(18)20-16(21-15(12)19-10)24-9-5-3-4-8(6-9)7-11(22)23/h3-6H,2,7H2,1H3,(H,22,23)(H,19,20,21). The van der Waals surface area contributed by atoms with Crippen molar-refractivity contribution in [1.82, 2.24) is 15.0 Å². The SMILES string of the molecule is CCc1[nH]c2nc(Sc3cccc(CC(=O)O)c3)nc(Cl)c2c1Br. The number of halogens is 2. The van der Waals surface area contributed by atoms with Crippen LogP contribution in [0, 0.1) is 0 Å². The van der Waals surface area contributed by atoms with Crippen molar-refractivity contribution < 1.29 is 9.90 Å². The molecule has 0 bridgehead atoms. The Morgan fingerprint density at radius 2 is 2.21 bits per heavy atom. The minimum Gasteiger partial charge on any atom is -0.481 e. The third-order valence-corrected chi connectivity index (χ3v) is 5.42. The van der Waals surface area contributed by atoms with Crippen LogP contribution in [-0.2, 0) is 17.6 Å². The van der Waals surface area contributed by atoms with Gasteiger partial charge >= 0.3 is 5.97 Å². The zero-order valence-corrected chi connectivity index (χ0v) is 15.8. The molecule has 0 amide bonds. The van der Waals surface area contributed by atoms with Crippen LogP contribution in [0.2, 0.25) is 5.15 Å². The van der Waals surface area contributed by atoms with Gasteiger partial charge in [0.05, 0.1) is 16.3 Å². The third kappa shape index (κ3) is 3.58. The van der Waals surface area contributed by atoms with E-state index in [0.717, 1.165) is 32.4 Å². The lowest BCUT2D eigenvalue weighted by Crippen LogP contribution is -1.99. The smallest absolute Gasteiger partial charge is 0.307 e. The fourth-order valence-electron chi connectivity index (χ4n) is 2.34. The number of rotatable bonds is 5. The summed E-state index contributed by atoms with van der Waals surface area (Å²) < 4.78 is 0.894. The number of nitrogens with one attached hydrogen (secondary N) is 1. The van der Waals surface area contributed by atoms with Gasteiger partial charge in [0, 0.05) is 10.6 Å². The van der Waals surface area contributed by atoms with Crippen LogP contribution in [0.15, 0.2) is 38.8 Å². The number of aliphatic carboxylic acids is 1. The molecule has 3 rings (SSSR count). The maximum Gasteiger partial charge on any atom is 0.307 e. The summed E-state index contributed by atoms with van der Waals surface area (Å²) in [4.78, 5) is 23.8. The molecule has 1 aromatic carbocycles. The predicted molar refractivity (Wildman–Crippen MR) is 97.9 cm³/mol. The van der Waals surface area contributed by atoms with E-state index >= 15 is 0 Å². The third-order valence-electron chi connectivity index (χ3n) is 3.41. The summed E-state index contributed by atoms with van der Waals surface area (Å²) in [7, 11) is 0. The molecule has 5 nitrogen and oxygen atoms in total. The van der Waals surface area contributed by atoms with Crippen LogP contribution in [0.1, 0.15) is 18.2 Å². The van der Waals surface area contributed by atoms with E-state index in [2.05, 4.69) is 30.9 Å². The van der Waals surface area contributed by atoms with Gasteiger partial charge in [-0.1, -0.05) is 30.7 Å². The van der Waals surface area contributed by atoms with Gasteiger partial charge in [-0.25, -0.2) is 9.97 Å². The molecule has 0 radical (unpaired) electrons. The number of hydrogen-bond acceptors (Lipinski definition) is 4. The average molecular weight is 427 g/mol. The fraction of sp³-hybridized carbons (Fsp3) is 0.188. The summed E-state index contributed by atoms with van der Waals surface area (Å²) in [6.45, 7) is 2.04. The highest BCUT2D eigenvalue weighted by Crippen LogP contribution is 2.34. The number of hydrogen-bond donors (Lipinski definition) is 2. The zero-order valence-electron chi connectivity index (χ0n) is 12.6. The molecule has 2 heterocycles. The Labute approximate surface area is 156 Å². The Bertz CT molecular complexity index is 929. The maximum absolute atomic E-state index is 10.8. The molecule has 0 fully saturated rings. The molecule has 8 heteroatoms. The number of benzene rings is 1. The first-order valence-corrected chi connectivity index (χ1v) is 9.18. The van der Waals surface area contributed by atoms with E-state index in [-0.39, 0.29) is 6.42 Å². The maximum atomic E-state index is 10.8. The van der Waals surface area contributed by atoms with Crippen LogP contribution in [0.3, 0.4) is 0 Å². The van der Waals surface area contributed by atoms with Crippen molar-refractivity contribution in [2.75, 3.05) is 0 Å². The number of aromatic nitrogens is 3. The number of carboxylic acids is 1. The van der Waals surface area contributed by atoms with Crippen LogP contribution in [0.25, 0.3) is 11.0 Å². The van der Waals surface area contributed by atoms with E-state index in [9.17, 15) is 4.79 Å². The zero-order chi connectivity index (χ0) is 17.3. The van der Waals surface area contributed by atoms with E-state index in [0.29, 0.717) is 16.0 Å². The van der Waals surface area contributed by atoms with Crippen molar-refractivity contribution in [2.24, 2.45) is 0 Å². The average Bonchev–Trinajstić information content (AvgIpc) is 2.83. The molecule has 3 aromatic rings. The summed E-state index contributed by atoms with van der Waals surface area (Å²) in [5.74, 6) is -0.860. The highest BCUT2D eigenvalue weighted by Gasteiger charge is 2.15. The molecule has 24 heavy (non-hydrogen) atoms. The Kier molecular flexibility index (Phi) is 5.12. The Hall–Kier alpha value is -1.57. The Balaban J connectivity index is 1.94. The van der Waals surface area contributed by atoms with E-state index in [4.69, 9.17) is 16.7 Å². The quantitative estimate of drug-likeness (QED) is 0.456. The van der Waals surface area contributed by atoms with E-state index < -0.39 is 5.97 Å². The molecule has 0 saturated heterocycles. The lowest BCUT2D eigenvalue weighted by atomic mass is 10.2. The number of H-pyrrole nitrogens is 1. The van der Waals surface area contributed by atoms with Gasteiger partial charge in [-0.3, -0.25) is 4.79 Å². The van der Waals surface area contributed by atoms with Crippen molar-refractivity contribution in [2.45, 2.75) is 29.8 Å². The molecule has 0 aliphatic rings. The molecule has 124 valence electrons. The molecular weight excluding hydrogens is 414 g/mol. The molecular formula is C16H13BrClN3O2S. The fourth-order valence-corrected chi connectivity index (χ4v) is 4.36. The largest absolute Gasteiger partial charge is 0.481 e. The van der Waals surface area contributed by atoms with Gasteiger partial charge in [0.1, 0.15) is 10.8 Å². The van der Waals surface area contributed by atoms with Gasteiger partial charge in [-0.2, -0.15) is 0 Å². The molecule has 0 unspecified atom stereocenters. The lowest BCUT2D eigenvalue weighted by molar-refractivity contribution is -0.136. The van der Waals surface area contributed by atoms with Gasteiger partial charge in [0.2, 0.25) is 0 Å². The lowest BCUT2D eigenvalue weighted by Gasteiger charge is -2.04. The topological polar surface area (TPSA) is 78.9 Å². The second-order valence-corrected chi connectivity index (χ2v) is 7.30. The second kappa shape index (κ2) is 7.13. The first-order valence-electron chi connectivity index (χ1n) is 7.20. The summed E-state index contributed by atoms with van der Waals surface area (Å²) in [6.07, 6.45) is 0.811. The van der Waals surface area contributed by atoms with E-state index in [1.165, 1.54) is 11.8 Å². The predicted octanol–water partition coefficient (Wildman–Crippen LogP) is 4.71. The number of aromatic amines is 1. The van der Waals surface area contributed by atoms with E-state index in [1.54, 1.807) is 6.07 Å². The van der Waals surface area contributed by atoms with Crippen molar-refractivity contribution in [1.29, 1.82) is 0 Å². The van der Waals surface area contributed by atoms with Crippen molar-refractivity contribution in [3.05, 3.63) is 45.1 Å². The number of aryl methyl sites for hydroxylation is 1. The molecule has 0 spiro atoms. The van der Waals surface area contributed by atoms with Gasteiger partial charge in [-0.15, -0.1) is 0 Å². The second-order valence-electron chi connectivity index (χ2n) is 5.11. The number of nitrogens with zero attached hydrogens (tertiary/aromatic N) is 2. The van der Waals surface area contributed by atoms with Gasteiger partial charge in [0.25, 0.3) is 0 Å². The first-order chi connectivity index (χ1) is 11.5. The normalized spacial score (nSPS) is 11.1. The van der Waals surface area contributed by atoms with Crippen LogP contribution in [0.4, 0.5) is 0 Å². The van der Waals surface area contributed by atoms with Crippen molar-refractivity contribution >= 4 is 56.3 Å². The number of carboxylic acid groups (broad SMARTS) is 1. The van der Waals surface area contributed by atoms with Gasteiger partial charge in [-0.05, 0) is 51.8 Å². The molecule has 0 saturated carbocycles. The van der Waals surface area contributed by atoms with Gasteiger partial charge in [0.15, 0.2) is 5.16 Å². The summed E-state index contributed by atoms with van der Waals surface area (Å²) >= 11 is 11.2. The molecule has 2 aromatic heterocycles. The molecule has 0 aliphatic heterocycles. The van der Waals surface area contributed by atoms with Gasteiger partial charge < -0.3 is 10.1 Å². The van der Waals surface area contributed by atoms with Crippen LogP contribution in [-0.4, -0.2) is 26.0 Å². The highest BCUT2D eigenvalue weighted by atomic mass is 79.9. The van der Waals surface area contributed by atoms with Crippen LogP contribution < -0.4 is 0 Å². The minimum atomic E-state index is -0.860.